The van der Waals surface area contributed by atoms with Crippen LogP contribution in [-0.4, -0.2) is 13.9 Å². The van der Waals surface area contributed by atoms with Crippen LogP contribution in [0.2, 0.25) is 19.6 Å². The third-order valence-electron chi connectivity index (χ3n) is 1.42. The quantitative estimate of drug-likeness (QED) is 0.542. The van der Waals surface area contributed by atoms with E-state index in [1.165, 1.54) is 4.90 Å². The molecule has 1 nitrogen and oxygen atoms in total. The lowest BCUT2D eigenvalue weighted by molar-refractivity contribution is 1.43. The first-order valence-electron chi connectivity index (χ1n) is 4.27. The Bertz CT molecular complexity index is 304. The summed E-state index contributed by atoms with van der Waals surface area (Å²) in [5, 5.41) is 0. The van der Waals surface area contributed by atoms with Gasteiger partial charge in [-0.2, -0.15) is 11.2 Å². The van der Waals surface area contributed by atoms with Gasteiger partial charge in [-0.05, 0) is 24.9 Å². The van der Waals surface area contributed by atoms with Crippen molar-refractivity contribution in [2.75, 3.05) is 0 Å². The molecule has 1 aromatic rings. The molecule has 0 atom stereocenters. The summed E-state index contributed by atoms with van der Waals surface area (Å²) in [7, 11) is -1.08. The highest BCUT2D eigenvalue weighted by Gasteiger charge is 2.14. The first-order chi connectivity index (χ1) is 6.01. The Labute approximate surface area is 84.9 Å². The van der Waals surface area contributed by atoms with E-state index in [0.29, 0.717) is 0 Å². The molecule has 0 amide bonds. The number of aliphatic imine (C=N–C) groups is 1. The van der Waals surface area contributed by atoms with Gasteiger partial charge in [-0.1, -0.05) is 25.7 Å². The maximum atomic E-state index is 3.91. The molecule has 0 aromatic heterocycles. The highest BCUT2D eigenvalue weighted by molar-refractivity contribution is 8.28. The van der Waals surface area contributed by atoms with Gasteiger partial charge < -0.3 is 0 Å². The molecule has 13 heavy (non-hydrogen) atoms. The van der Waals surface area contributed by atoms with Crippen molar-refractivity contribution in [3.8, 4) is 0 Å². The highest BCUT2D eigenvalue weighted by Crippen LogP contribution is 2.30. The molecule has 0 aliphatic carbocycles. The molecule has 0 aliphatic rings. The van der Waals surface area contributed by atoms with Crippen LogP contribution in [-0.2, 0) is 0 Å². The van der Waals surface area contributed by atoms with Gasteiger partial charge in [0.2, 0.25) is 0 Å². The first-order valence-corrected chi connectivity index (χ1v) is 9.31. The van der Waals surface area contributed by atoms with Crippen LogP contribution in [0.25, 0.3) is 0 Å². The molecule has 0 radical (unpaired) electrons. The molecule has 0 bridgehead atoms. The molecular weight excluding hydrogens is 194 g/mol. The van der Waals surface area contributed by atoms with Crippen LogP contribution in [0.4, 0.5) is 5.69 Å². The summed E-state index contributed by atoms with van der Waals surface area (Å²) in [4.78, 5) is 5.22. The fourth-order valence-electron chi connectivity index (χ4n) is 0.999. The molecule has 0 heterocycles. The molecule has 3 heteroatoms. The molecule has 1 rings (SSSR count). The largest absolute Gasteiger partial charge is 0.265 e. The van der Waals surface area contributed by atoms with Gasteiger partial charge in [-0.25, -0.2) is 0 Å². The lowest BCUT2D eigenvalue weighted by atomic mass is 10.3. The van der Waals surface area contributed by atoms with Gasteiger partial charge in [-0.15, -0.1) is 0 Å². The van der Waals surface area contributed by atoms with Crippen molar-refractivity contribution < 1.29 is 0 Å². The fourth-order valence-corrected chi connectivity index (χ4v) is 4.53. The zero-order chi connectivity index (χ0) is 9.90. The van der Waals surface area contributed by atoms with E-state index in [2.05, 4.69) is 43.5 Å². The van der Waals surface area contributed by atoms with E-state index in [0.717, 1.165) is 5.69 Å². The monoisotopic (exact) mass is 209 g/mol. The molecule has 0 fully saturated rings. The van der Waals surface area contributed by atoms with Crippen molar-refractivity contribution in [3.63, 3.8) is 0 Å². The Morgan fingerprint density at radius 3 is 2.54 bits per heavy atom. The van der Waals surface area contributed by atoms with E-state index in [9.17, 15) is 0 Å². The van der Waals surface area contributed by atoms with E-state index >= 15 is 0 Å². The van der Waals surface area contributed by atoms with Gasteiger partial charge in [-0.3, -0.25) is 4.99 Å². The van der Waals surface area contributed by atoms with Crippen molar-refractivity contribution >= 4 is 30.8 Å². The van der Waals surface area contributed by atoms with Crippen LogP contribution < -0.4 is 0 Å². The van der Waals surface area contributed by atoms with Crippen molar-refractivity contribution in [1.82, 2.24) is 0 Å². The molecule has 1 aromatic carbocycles. The van der Waals surface area contributed by atoms with E-state index < -0.39 is 7.22 Å². The molecule has 0 saturated heterocycles. The van der Waals surface area contributed by atoms with Crippen molar-refractivity contribution in [2.45, 2.75) is 24.5 Å². The van der Waals surface area contributed by atoms with Crippen LogP contribution in [0, 0.1) is 0 Å². The Balaban J connectivity index is 2.84. The maximum absolute atomic E-state index is 3.91. The summed E-state index contributed by atoms with van der Waals surface area (Å²) < 4.78 is 0. The second kappa shape index (κ2) is 4.11. The average Bonchev–Trinajstić information content (AvgIpc) is 2.01. The zero-order valence-electron chi connectivity index (χ0n) is 8.37. The minimum absolute atomic E-state index is 0.961. The van der Waals surface area contributed by atoms with Crippen LogP contribution >= 0.6 is 11.2 Å². The molecule has 0 unspecified atom stereocenters. The topological polar surface area (TPSA) is 12.4 Å². The molecule has 0 spiro atoms. The highest BCUT2D eigenvalue weighted by atomic mass is 32.4. The zero-order valence-corrected chi connectivity index (χ0v) is 10.2. The summed E-state index contributed by atoms with van der Waals surface area (Å²) in [5.74, 6) is 0. The summed E-state index contributed by atoms with van der Waals surface area (Å²) in [6.45, 7) is 10.5. The predicted octanol–water partition coefficient (Wildman–Crippen LogP) is 3.95. The minimum Gasteiger partial charge on any atom is -0.265 e. The van der Waals surface area contributed by atoms with E-state index in [1.54, 1.807) is 0 Å². The SMILES string of the molecule is C=Nc1cccc(S[Si](C)(C)C)c1. The van der Waals surface area contributed by atoms with Gasteiger partial charge in [0.05, 0.1) is 5.69 Å². The smallest absolute Gasteiger partial charge is 0.114 e. The van der Waals surface area contributed by atoms with E-state index in [-0.39, 0.29) is 0 Å². The maximum Gasteiger partial charge on any atom is 0.114 e. The van der Waals surface area contributed by atoms with Crippen molar-refractivity contribution in [3.05, 3.63) is 24.3 Å². The second-order valence-corrected chi connectivity index (χ2v) is 13.1. The number of nitrogens with zero attached hydrogens (tertiary/aromatic N) is 1. The van der Waals surface area contributed by atoms with Gasteiger partial charge in [0.15, 0.2) is 0 Å². The molecule has 70 valence electrons. The standard InChI is InChI=1S/C10H15NSSi/c1-11-9-6-5-7-10(8-9)12-13(2,3)4/h5-8H,1H2,2-4H3. The van der Waals surface area contributed by atoms with Crippen LogP contribution in [0.1, 0.15) is 0 Å². The third kappa shape index (κ3) is 3.78. The number of rotatable bonds is 3. The second-order valence-electron chi connectivity index (χ2n) is 3.87. The first kappa shape index (κ1) is 10.5. The van der Waals surface area contributed by atoms with Gasteiger partial charge in [0, 0.05) is 4.90 Å². The molecular formula is C10H15NSSi. The van der Waals surface area contributed by atoms with E-state index in [4.69, 9.17) is 0 Å². The third-order valence-corrected chi connectivity index (χ3v) is 5.07. The summed E-state index contributed by atoms with van der Waals surface area (Å²) in [6, 6.07) is 8.24. The van der Waals surface area contributed by atoms with Gasteiger partial charge in [0.1, 0.15) is 7.22 Å². The summed E-state index contributed by atoms with van der Waals surface area (Å²) in [6.07, 6.45) is 0. The molecule has 0 aliphatic heterocycles. The van der Waals surface area contributed by atoms with Crippen molar-refractivity contribution in [1.29, 1.82) is 0 Å². The normalized spacial score (nSPS) is 11.3. The Hall–Kier alpha value is -0.543. The Morgan fingerprint density at radius 1 is 1.31 bits per heavy atom. The predicted molar refractivity (Wildman–Crippen MR) is 64.9 cm³/mol. The Kier molecular flexibility index (Phi) is 3.33. The van der Waals surface area contributed by atoms with Crippen LogP contribution in [0.3, 0.4) is 0 Å². The Morgan fingerprint density at radius 2 is 2.00 bits per heavy atom. The minimum atomic E-state index is -1.08. The summed E-state index contributed by atoms with van der Waals surface area (Å²) in [5.41, 5.74) is 0.961. The molecule has 0 N–H and O–H groups in total. The van der Waals surface area contributed by atoms with Gasteiger partial charge in [0.25, 0.3) is 0 Å². The summed E-state index contributed by atoms with van der Waals surface area (Å²) >= 11 is 1.98. The van der Waals surface area contributed by atoms with Crippen molar-refractivity contribution in [2.24, 2.45) is 4.99 Å². The van der Waals surface area contributed by atoms with Crippen LogP contribution in [0.5, 0.6) is 0 Å². The number of hydrogen-bond donors (Lipinski definition) is 0. The lowest BCUT2D eigenvalue weighted by Crippen LogP contribution is -2.13. The number of hydrogen-bond acceptors (Lipinski definition) is 2. The lowest BCUT2D eigenvalue weighted by Gasteiger charge is -2.14. The van der Waals surface area contributed by atoms with Crippen LogP contribution in [0.15, 0.2) is 34.2 Å². The fraction of sp³-hybridized carbons (Fsp3) is 0.300. The van der Waals surface area contributed by atoms with E-state index in [1.807, 2.05) is 23.3 Å². The molecule has 0 saturated carbocycles. The van der Waals surface area contributed by atoms with Gasteiger partial charge >= 0.3 is 0 Å². The number of benzene rings is 1. The average molecular weight is 209 g/mol.